The first kappa shape index (κ1) is 13.6. The number of carbonyl (C=O) groups excluding carboxylic acids is 1. The van der Waals surface area contributed by atoms with Gasteiger partial charge in [-0.3, -0.25) is 4.79 Å². The maximum Gasteiger partial charge on any atom is 0.265 e. The number of nitrogens with one attached hydrogen (secondary N) is 1. The Kier molecular flexibility index (Phi) is 4.22. The minimum absolute atomic E-state index is 0.0574. The topological polar surface area (TPSA) is 38.3 Å². The predicted molar refractivity (Wildman–Crippen MR) is 79.4 cm³/mol. The highest BCUT2D eigenvalue weighted by atomic mass is 32.1. The molecule has 1 amide bonds. The molecule has 0 unspecified atom stereocenters. The third-order valence-corrected chi connectivity index (χ3v) is 4.06. The van der Waals surface area contributed by atoms with E-state index in [0.29, 0.717) is 0 Å². The largest absolute Gasteiger partial charge is 0.497 e. The van der Waals surface area contributed by atoms with Crippen LogP contribution < -0.4 is 10.1 Å². The van der Waals surface area contributed by atoms with Crippen LogP contribution in [-0.2, 0) is 6.42 Å². The summed E-state index contributed by atoms with van der Waals surface area (Å²) in [6.07, 6.45) is 0.956. The van der Waals surface area contributed by atoms with Gasteiger partial charge in [0.05, 0.1) is 12.0 Å². The van der Waals surface area contributed by atoms with Crippen LogP contribution in [0.5, 0.6) is 5.75 Å². The number of hydrogen-bond acceptors (Lipinski definition) is 3. The van der Waals surface area contributed by atoms with Gasteiger partial charge in [0.1, 0.15) is 5.75 Å². The van der Waals surface area contributed by atoms with Crippen LogP contribution in [0.1, 0.15) is 27.0 Å². The molecule has 0 radical (unpaired) electrons. The maximum absolute atomic E-state index is 12.1. The number of amides is 1. The number of rotatable bonds is 4. The van der Waals surface area contributed by atoms with E-state index in [2.05, 4.69) is 12.2 Å². The lowest BCUT2D eigenvalue weighted by atomic mass is 10.2. The molecule has 2 aromatic rings. The first-order valence-electron chi connectivity index (χ1n) is 6.18. The van der Waals surface area contributed by atoms with Crippen LogP contribution in [-0.4, -0.2) is 13.0 Å². The summed E-state index contributed by atoms with van der Waals surface area (Å²) in [7, 11) is 1.62. The van der Waals surface area contributed by atoms with E-state index < -0.39 is 0 Å². The Balaban J connectivity index is 2.11. The predicted octanol–water partition coefficient (Wildman–Crippen LogP) is 3.88. The molecule has 0 atom stereocenters. The van der Waals surface area contributed by atoms with Crippen molar-refractivity contribution >= 4 is 22.9 Å². The second-order valence-corrected chi connectivity index (χ2v) is 5.48. The van der Waals surface area contributed by atoms with Crippen LogP contribution in [0.2, 0.25) is 0 Å². The molecule has 0 bridgehead atoms. The molecule has 0 aliphatic carbocycles. The highest BCUT2D eigenvalue weighted by molar-refractivity contribution is 7.14. The number of thiophene rings is 1. The van der Waals surface area contributed by atoms with Gasteiger partial charge in [0.15, 0.2) is 0 Å². The van der Waals surface area contributed by atoms with Crippen molar-refractivity contribution in [2.75, 3.05) is 12.4 Å². The lowest BCUT2D eigenvalue weighted by Gasteiger charge is -2.04. The molecular weight excluding hydrogens is 258 g/mol. The Morgan fingerprint density at radius 3 is 2.53 bits per heavy atom. The summed E-state index contributed by atoms with van der Waals surface area (Å²) in [4.78, 5) is 14.1. The van der Waals surface area contributed by atoms with E-state index in [9.17, 15) is 4.79 Å². The van der Waals surface area contributed by atoms with E-state index in [0.717, 1.165) is 22.7 Å². The third-order valence-electron chi connectivity index (χ3n) is 2.97. The first-order chi connectivity index (χ1) is 9.13. The first-order valence-corrected chi connectivity index (χ1v) is 7.00. The van der Waals surface area contributed by atoms with Gasteiger partial charge < -0.3 is 10.1 Å². The normalized spacial score (nSPS) is 10.3. The number of methoxy groups -OCH3 is 1. The zero-order valence-electron chi connectivity index (χ0n) is 11.3. The van der Waals surface area contributed by atoms with E-state index in [1.807, 2.05) is 37.3 Å². The Morgan fingerprint density at radius 1 is 1.32 bits per heavy atom. The Bertz CT molecular complexity index is 572. The highest BCUT2D eigenvalue weighted by Crippen LogP contribution is 2.23. The fourth-order valence-electron chi connectivity index (χ4n) is 1.85. The van der Waals surface area contributed by atoms with Gasteiger partial charge in [-0.2, -0.15) is 0 Å². The zero-order valence-corrected chi connectivity index (χ0v) is 12.1. The van der Waals surface area contributed by atoms with E-state index >= 15 is 0 Å². The SMILES string of the molecule is CCc1cc(C(=O)Nc2ccc(OC)cc2)sc1C. The van der Waals surface area contributed by atoms with Crippen molar-refractivity contribution < 1.29 is 9.53 Å². The van der Waals surface area contributed by atoms with E-state index in [1.165, 1.54) is 21.8 Å². The number of ether oxygens (including phenoxy) is 1. The molecule has 0 spiro atoms. The molecule has 0 saturated carbocycles. The van der Waals surface area contributed by atoms with Gasteiger partial charge in [0.25, 0.3) is 5.91 Å². The van der Waals surface area contributed by atoms with Crippen LogP contribution in [0.4, 0.5) is 5.69 Å². The van der Waals surface area contributed by atoms with Gasteiger partial charge in [-0.25, -0.2) is 0 Å². The molecule has 1 aromatic heterocycles. The monoisotopic (exact) mass is 275 g/mol. The molecule has 100 valence electrons. The molecule has 1 aromatic carbocycles. The second-order valence-electron chi connectivity index (χ2n) is 4.23. The van der Waals surface area contributed by atoms with Crippen LogP contribution in [0.25, 0.3) is 0 Å². The average Bonchev–Trinajstić information content (AvgIpc) is 2.81. The fraction of sp³-hybridized carbons (Fsp3) is 0.267. The van der Waals surface area contributed by atoms with Gasteiger partial charge in [-0.05, 0) is 49.2 Å². The van der Waals surface area contributed by atoms with Crippen molar-refractivity contribution in [3.63, 3.8) is 0 Å². The lowest BCUT2D eigenvalue weighted by molar-refractivity contribution is 0.103. The summed E-state index contributed by atoms with van der Waals surface area (Å²) in [5.74, 6) is 0.719. The van der Waals surface area contributed by atoms with Gasteiger partial charge >= 0.3 is 0 Å². The Hall–Kier alpha value is -1.81. The third kappa shape index (κ3) is 3.15. The van der Waals surface area contributed by atoms with Crippen molar-refractivity contribution in [2.24, 2.45) is 0 Å². The van der Waals surface area contributed by atoms with Gasteiger partial charge in [-0.15, -0.1) is 11.3 Å². The van der Waals surface area contributed by atoms with Crippen molar-refractivity contribution in [2.45, 2.75) is 20.3 Å². The molecule has 1 heterocycles. The zero-order chi connectivity index (χ0) is 13.8. The van der Waals surface area contributed by atoms with Crippen LogP contribution in [0.3, 0.4) is 0 Å². The summed E-state index contributed by atoms with van der Waals surface area (Å²) < 4.78 is 5.08. The summed E-state index contributed by atoms with van der Waals surface area (Å²) in [6.45, 7) is 4.15. The quantitative estimate of drug-likeness (QED) is 0.919. The van der Waals surface area contributed by atoms with Crippen molar-refractivity contribution in [3.8, 4) is 5.75 Å². The number of anilines is 1. The number of benzene rings is 1. The van der Waals surface area contributed by atoms with E-state index in [1.54, 1.807) is 7.11 Å². The minimum Gasteiger partial charge on any atom is -0.497 e. The van der Waals surface area contributed by atoms with Crippen LogP contribution >= 0.6 is 11.3 Å². The van der Waals surface area contributed by atoms with Crippen molar-refractivity contribution in [1.29, 1.82) is 0 Å². The molecule has 2 rings (SSSR count). The fourth-order valence-corrected chi connectivity index (χ4v) is 2.86. The highest BCUT2D eigenvalue weighted by Gasteiger charge is 2.11. The summed E-state index contributed by atoms with van der Waals surface area (Å²) in [5.41, 5.74) is 2.01. The molecule has 3 nitrogen and oxygen atoms in total. The lowest BCUT2D eigenvalue weighted by Crippen LogP contribution is -2.09. The number of hydrogen-bond donors (Lipinski definition) is 1. The summed E-state index contributed by atoms with van der Waals surface area (Å²) >= 11 is 1.54. The van der Waals surface area contributed by atoms with Gasteiger partial charge in [0.2, 0.25) is 0 Å². The van der Waals surface area contributed by atoms with Crippen molar-refractivity contribution in [1.82, 2.24) is 0 Å². The average molecular weight is 275 g/mol. The van der Waals surface area contributed by atoms with E-state index in [-0.39, 0.29) is 5.91 Å². The Labute approximate surface area is 117 Å². The summed E-state index contributed by atoms with van der Waals surface area (Å²) in [6, 6.07) is 9.29. The van der Waals surface area contributed by atoms with Gasteiger partial charge in [-0.1, -0.05) is 6.92 Å². The summed E-state index contributed by atoms with van der Waals surface area (Å²) in [5, 5.41) is 2.89. The molecule has 1 N–H and O–H groups in total. The molecule has 0 fully saturated rings. The standard InChI is InChI=1S/C15H17NO2S/c1-4-11-9-14(19-10(11)2)15(17)16-12-5-7-13(18-3)8-6-12/h5-9H,4H2,1-3H3,(H,16,17). The van der Waals surface area contributed by atoms with Crippen LogP contribution in [0.15, 0.2) is 30.3 Å². The molecule has 0 aliphatic heterocycles. The number of carbonyl (C=O) groups is 1. The molecule has 0 saturated heterocycles. The second kappa shape index (κ2) is 5.89. The molecular formula is C15H17NO2S. The molecule has 4 heteroatoms. The van der Waals surface area contributed by atoms with Crippen LogP contribution in [0, 0.1) is 6.92 Å². The smallest absolute Gasteiger partial charge is 0.265 e. The van der Waals surface area contributed by atoms with Crippen molar-refractivity contribution in [3.05, 3.63) is 45.6 Å². The number of aryl methyl sites for hydroxylation is 2. The van der Waals surface area contributed by atoms with Gasteiger partial charge in [0, 0.05) is 10.6 Å². The maximum atomic E-state index is 12.1. The Morgan fingerprint density at radius 2 is 2.00 bits per heavy atom. The molecule has 19 heavy (non-hydrogen) atoms. The minimum atomic E-state index is -0.0574. The molecule has 0 aliphatic rings. The van der Waals surface area contributed by atoms with E-state index in [4.69, 9.17) is 4.74 Å².